The highest BCUT2D eigenvalue weighted by Gasteiger charge is 2.20. The number of nitrogens with zero attached hydrogens (tertiary/aromatic N) is 1. The molecule has 0 saturated heterocycles. The first-order valence-corrected chi connectivity index (χ1v) is 7.75. The molecule has 2 rings (SSSR count). The first-order valence-electron chi connectivity index (χ1n) is 5.38. The van der Waals surface area contributed by atoms with Gasteiger partial charge in [-0.1, -0.05) is 12.1 Å². The van der Waals surface area contributed by atoms with E-state index in [1.807, 2.05) is 0 Å². The first kappa shape index (κ1) is 13.9. The summed E-state index contributed by atoms with van der Waals surface area (Å²) in [5, 5.41) is 1.82. The topological polar surface area (TPSA) is 85.1 Å². The van der Waals surface area contributed by atoms with Crippen LogP contribution in [0.2, 0.25) is 0 Å². The van der Waals surface area contributed by atoms with Crippen molar-refractivity contribution >= 4 is 26.5 Å². The van der Waals surface area contributed by atoms with Crippen molar-refractivity contribution in [1.82, 2.24) is 4.98 Å². The van der Waals surface area contributed by atoms with Gasteiger partial charge in [0.15, 0.2) is 5.13 Å². The number of aromatic nitrogens is 1. The lowest BCUT2D eigenvalue weighted by molar-refractivity contribution is 0.570. The van der Waals surface area contributed by atoms with Crippen LogP contribution in [0.1, 0.15) is 18.7 Å². The molecule has 0 aliphatic rings. The number of hydrogen-bond donors (Lipinski definition) is 2. The van der Waals surface area contributed by atoms with Gasteiger partial charge in [0, 0.05) is 11.4 Å². The van der Waals surface area contributed by atoms with Crippen molar-refractivity contribution in [3.05, 3.63) is 41.2 Å². The molecule has 0 bridgehead atoms. The van der Waals surface area contributed by atoms with Crippen molar-refractivity contribution in [3.8, 4) is 0 Å². The number of benzene rings is 1. The summed E-state index contributed by atoms with van der Waals surface area (Å²) in [5.74, 6) is -0.807. The maximum Gasteiger partial charge on any atom is 0.266 e. The predicted octanol–water partition coefficient (Wildman–Crippen LogP) is 2.10. The molecule has 8 heteroatoms. The number of sulfonamides is 1. The normalized spacial score (nSPS) is 13.2. The number of thiazole rings is 1. The van der Waals surface area contributed by atoms with Crippen LogP contribution in [0.15, 0.2) is 34.5 Å². The molecule has 5 nitrogen and oxygen atoms in total. The van der Waals surface area contributed by atoms with Crippen LogP contribution < -0.4 is 10.5 Å². The first-order chi connectivity index (χ1) is 8.90. The van der Waals surface area contributed by atoms with E-state index < -0.39 is 20.7 Å². The van der Waals surface area contributed by atoms with E-state index in [4.69, 9.17) is 5.73 Å². The number of hydrogen-bond acceptors (Lipinski definition) is 5. The lowest BCUT2D eigenvalue weighted by atomic mass is 10.3. The second kappa shape index (κ2) is 5.24. The summed E-state index contributed by atoms with van der Waals surface area (Å²) >= 11 is 1.10. The molecule has 19 heavy (non-hydrogen) atoms. The van der Waals surface area contributed by atoms with Crippen molar-refractivity contribution < 1.29 is 12.8 Å². The van der Waals surface area contributed by atoms with Gasteiger partial charge in [-0.15, -0.1) is 11.3 Å². The largest absolute Gasteiger partial charge is 0.323 e. The average molecular weight is 301 g/mol. The molecule has 0 saturated carbocycles. The molecule has 0 radical (unpaired) electrons. The van der Waals surface area contributed by atoms with Crippen molar-refractivity contribution in [2.75, 3.05) is 4.72 Å². The Kier molecular flexibility index (Phi) is 3.83. The highest BCUT2D eigenvalue weighted by atomic mass is 32.2. The van der Waals surface area contributed by atoms with Gasteiger partial charge in [-0.05, 0) is 19.1 Å². The Labute approximate surface area is 114 Å². The van der Waals surface area contributed by atoms with Gasteiger partial charge in [0.2, 0.25) is 0 Å². The molecule has 0 amide bonds. The zero-order valence-electron chi connectivity index (χ0n) is 10.00. The predicted molar refractivity (Wildman–Crippen MR) is 71.9 cm³/mol. The smallest absolute Gasteiger partial charge is 0.266 e. The van der Waals surface area contributed by atoms with Crippen LogP contribution in [0, 0.1) is 5.82 Å². The number of anilines is 1. The molecule has 102 valence electrons. The Morgan fingerprint density at radius 3 is 2.68 bits per heavy atom. The maximum absolute atomic E-state index is 13.5. The van der Waals surface area contributed by atoms with Crippen molar-refractivity contribution in [1.29, 1.82) is 0 Å². The second-order valence-corrected chi connectivity index (χ2v) is 6.41. The number of halogens is 1. The molecular weight excluding hydrogens is 289 g/mol. The molecule has 3 N–H and O–H groups in total. The molecule has 1 heterocycles. The Bertz CT molecular complexity index is 683. The fourth-order valence-corrected chi connectivity index (χ4v) is 3.52. The SMILES string of the molecule is CC(N)c1csc(NS(=O)(=O)c2ccccc2F)n1. The van der Waals surface area contributed by atoms with Crippen molar-refractivity contribution in [2.24, 2.45) is 5.73 Å². The van der Waals surface area contributed by atoms with E-state index in [0.717, 1.165) is 17.4 Å². The van der Waals surface area contributed by atoms with Crippen LogP contribution >= 0.6 is 11.3 Å². The highest BCUT2D eigenvalue weighted by molar-refractivity contribution is 7.93. The van der Waals surface area contributed by atoms with E-state index in [1.165, 1.54) is 18.2 Å². The molecule has 0 fully saturated rings. The summed E-state index contributed by atoms with van der Waals surface area (Å²) in [6.07, 6.45) is 0. The molecule has 2 aromatic rings. The zero-order chi connectivity index (χ0) is 14.0. The zero-order valence-corrected chi connectivity index (χ0v) is 11.6. The summed E-state index contributed by atoms with van der Waals surface area (Å²) in [6.45, 7) is 1.74. The molecule has 1 aromatic carbocycles. The van der Waals surface area contributed by atoms with Gasteiger partial charge >= 0.3 is 0 Å². The minimum atomic E-state index is -3.97. The monoisotopic (exact) mass is 301 g/mol. The molecule has 1 unspecified atom stereocenters. The van der Waals surface area contributed by atoms with E-state index in [-0.39, 0.29) is 11.2 Å². The third-order valence-electron chi connectivity index (χ3n) is 2.34. The number of rotatable bonds is 4. The van der Waals surface area contributed by atoms with Gasteiger partial charge in [0.05, 0.1) is 5.69 Å². The van der Waals surface area contributed by atoms with Gasteiger partial charge < -0.3 is 5.73 Å². The summed E-state index contributed by atoms with van der Waals surface area (Å²) in [5.41, 5.74) is 6.21. The standard InChI is InChI=1S/C11H12FN3O2S2/c1-7(13)9-6-18-11(14-9)15-19(16,17)10-5-3-2-4-8(10)12/h2-7H,13H2,1H3,(H,14,15). The van der Waals surface area contributed by atoms with E-state index >= 15 is 0 Å². The average Bonchev–Trinajstić information content (AvgIpc) is 2.77. The minimum Gasteiger partial charge on any atom is -0.323 e. The Morgan fingerprint density at radius 1 is 1.42 bits per heavy atom. The highest BCUT2D eigenvalue weighted by Crippen LogP contribution is 2.23. The fourth-order valence-electron chi connectivity index (χ4n) is 1.37. The van der Waals surface area contributed by atoms with Crippen LogP contribution in [-0.4, -0.2) is 13.4 Å². The lowest BCUT2D eigenvalue weighted by Gasteiger charge is -2.05. The van der Waals surface area contributed by atoms with Crippen molar-refractivity contribution in [3.63, 3.8) is 0 Å². The number of nitrogens with two attached hydrogens (primary N) is 1. The van der Waals surface area contributed by atoms with Gasteiger partial charge in [-0.2, -0.15) is 0 Å². The molecule has 0 aliphatic heterocycles. The second-order valence-electron chi connectivity index (χ2n) is 3.90. The van der Waals surface area contributed by atoms with Crippen molar-refractivity contribution in [2.45, 2.75) is 17.9 Å². The van der Waals surface area contributed by atoms with E-state index in [9.17, 15) is 12.8 Å². The summed E-state index contributed by atoms with van der Waals surface area (Å²) in [7, 11) is -3.97. The van der Waals surface area contributed by atoms with Gasteiger partial charge in [-0.25, -0.2) is 17.8 Å². The lowest BCUT2D eigenvalue weighted by Crippen LogP contribution is -2.14. The molecular formula is C11H12FN3O2S2. The molecule has 0 spiro atoms. The van der Waals surface area contributed by atoms with Crippen LogP contribution in [0.25, 0.3) is 0 Å². The maximum atomic E-state index is 13.5. The molecule has 1 aromatic heterocycles. The third-order valence-corrected chi connectivity index (χ3v) is 4.61. The molecule has 0 aliphatic carbocycles. The summed E-state index contributed by atoms with van der Waals surface area (Å²) in [6, 6.07) is 4.86. The van der Waals surface area contributed by atoms with E-state index in [0.29, 0.717) is 5.69 Å². The van der Waals surface area contributed by atoms with Crippen LogP contribution in [0.4, 0.5) is 9.52 Å². The van der Waals surface area contributed by atoms with Crippen LogP contribution in [0.5, 0.6) is 0 Å². The Balaban J connectivity index is 2.29. The fraction of sp³-hybridized carbons (Fsp3) is 0.182. The minimum absolute atomic E-state index is 0.163. The number of nitrogens with one attached hydrogen (secondary N) is 1. The Hall–Kier alpha value is -1.51. The van der Waals surface area contributed by atoms with Gasteiger partial charge in [-0.3, -0.25) is 4.72 Å². The summed E-state index contributed by atoms with van der Waals surface area (Å²) in [4.78, 5) is 3.62. The van der Waals surface area contributed by atoms with Gasteiger partial charge in [0.25, 0.3) is 10.0 Å². The van der Waals surface area contributed by atoms with Crippen LogP contribution in [0.3, 0.4) is 0 Å². The van der Waals surface area contributed by atoms with Crippen LogP contribution in [-0.2, 0) is 10.0 Å². The van der Waals surface area contributed by atoms with E-state index in [1.54, 1.807) is 12.3 Å². The summed E-state index contributed by atoms with van der Waals surface area (Å²) < 4.78 is 39.7. The Morgan fingerprint density at radius 2 is 2.11 bits per heavy atom. The third kappa shape index (κ3) is 3.09. The van der Waals surface area contributed by atoms with E-state index in [2.05, 4.69) is 9.71 Å². The quantitative estimate of drug-likeness (QED) is 0.905. The molecule has 1 atom stereocenters. The van der Waals surface area contributed by atoms with Gasteiger partial charge in [0.1, 0.15) is 10.7 Å².